The molecule has 0 saturated carbocycles. The summed E-state index contributed by atoms with van der Waals surface area (Å²) in [7, 11) is 0. The normalized spacial score (nSPS) is 12.0. The van der Waals surface area contributed by atoms with Crippen LogP contribution < -0.4 is 0 Å². The van der Waals surface area contributed by atoms with Crippen LogP contribution in [0, 0.1) is 6.92 Å². The van der Waals surface area contributed by atoms with Crippen LogP contribution in [0.4, 0.5) is 0 Å². The van der Waals surface area contributed by atoms with Gasteiger partial charge in [-0.1, -0.05) is 0 Å². The fourth-order valence-corrected chi connectivity index (χ4v) is 0.747. The maximum atomic E-state index is 5.03. The Labute approximate surface area is 66.1 Å². The highest BCUT2D eigenvalue weighted by atomic mass is 32.1. The van der Waals surface area contributed by atoms with Crippen molar-refractivity contribution >= 4 is 12.6 Å². The van der Waals surface area contributed by atoms with Crippen molar-refractivity contribution < 1.29 is 4.42 Å². The van der Waals surface area contributed by atoms with Crippen LogP contribution in [0.25, 0.3) is 0 Å². The molecule has 0 saturated heterocycles. The zero-order valence-electron chi connectivity index (χ0n) is 6.38. The maximum absolute atomic E-state index is 5.03. The van der Waals surface area contributed by atoms with E-state index in [2.05, 4.69) is 17.6 Å². The highest BCUT2D eigenvalue weighted by Gasteiger charge is 2.18. The second-order valence-electron chi connectivity index (χ2n) is 2.81. The molecule has 10 heavy (non-hydrogen) atoms. The number of hydrogen-bond donors (Lipinski definition) is 1. The van der Waals surface area contributed by atoms with E-state index in [9.17, 15) is 0 Å². The lowest BCUT2D eigenvalue weighted by Crippen LogP contribution is -2.07. The van der Waals surface area contributed by atoms with Gasteiger partial charge in [-0.3, -0.25) is 0 Å². The molecule has 1 aromatic heterocycles. The number of thiol groups is 1. The summed E-state index contributed by atoms with van der Waals surface area (Å²) in [4.78, 5) is 4.14. The number of hydrogen-bond acceptors (Lipinski definition) is 3. The Morgan fingerprint density at radius 3 is 2.40 bits per heavy atom. The lowest BCUT2D eigenvalue weighted by Gasteiger charge is -2.11. The van der Waals surface area contributed by atoms with E-state index >= 15 is 0 Å². The standard InChI is InChI=1S/C7H11NOS/c1-5-8-6(4-9-5)7(2,3)10/h4,10H,1-3H3. The number of nitrogens with zero attached hydrogens (tertiary/aromatic N) is 1. The smallest absolute Gasteiger partial charge is 0.191 e. The van der Waals surface area contributed by atoms with Gasteiger partial charge >= 0.3 is 0 Å². The molecule has 0 atom stereocenters. The van der Waals surface area contributed by atoms with E-state index in [1.165, 1.54) is 0 Å². The Balaban J connectivity index is 2.96. The summed E-state index contributed by atoms with van der Waals surface area (Å²) < 4.78 is 4.83. The van der Waals surface area contributed by atoms with Crippen molar-refractivity contribution in [3.05, 3.63) is 17.8 Å². The Kier molecular flexibility index (Phi) is 1.77. The van der Waals surface area contributed by atoms with Gasteiger partial charge in [0, 0.05) is 6.92 Å². The molecular formula is C7H11NOS. The van der Waals surface area contributed by atoms with Gasteiger partial charge in [0.15, 0.2) is 5.89 Å². The summed E-state index contributed by atoms with van der Waals surface area (Å²) in [6.45, 7) is 5.78. The first-order valence-electron chi connectivity index (χ1n) is 3.15. The van der Waals surface area contributed by atoms with Crippen LogP contribution in [0.1, 0.15) is 25.4 Å². The van der Waals surface area contributed by atoms with Gasteiger partial charge < -0.3 is 4.42 Å². The molecule has 0 amide bonds. The molecule has 0 fully saturated rings. The summed E-state index contributed by atoms with van der Waals surface area (Å²) in [6, 6.07) is 0. The van der Waals surface area contributed by atoms with E-state index in [0.717, 1.165) is 5.69 Å². The van der Waals surface area contributed by atoms with Gasteiger partial charge in [0.05, 0.1) is 10.4 Å². The number of aromatic nitrogens is 1. The fourth-order valence-electron chi connectivity index (χ4n) is 0.644. The van der Waals surface area contributed by atoms with Crippen LogP contribution >= 0.6 is 12.6 Å². The first-order valence-corrected chi connectivity index (χ1v) is 3.60. The quantitative estimate of drug-likeness (QED) is 0.632. The molecule has 1 aromatic rings. The molecule has 0 aliphatic carbocycles. The van der Waals surface area contributed by atoms with Crippen LogP contribution in [0.3, 0.4) is 0 Å². The van der Waals surface area contributed by atoms with Gasteiger partial charge in [-0.05, 0) is 13.8 Å². The van der Waals surface area contributed by atoms with Crippen molar-refractivity contribution in [2.45, 2.75) is 25.5 Å². The lowest BCUT2D eigenvalue weighted by atomic mass is 10.1. The Hall–Kier alpha value is -0.440. The van der Waals surface area contributed by atoms with Crippen LogP contribution in [-0.2, 0) is 4.75 Å². The monoisotopic (exact) mass is 157 g/mol. The van der Waals surface area contributed by atoms with Gasteiger partial charge in [-0.15, -0.1) is 0 Å². The summed E-state index contributed by atoms with van der Waals surface area (Å²) in [5.74, 6) is 0.692. The molecule has 3 heteroatoms. The molecule has 0 unspecified atom stereocenters. The Morgan fingerprint density at radius 1 is 1.60 bits per heavy atom. The highest BCUT2D eigenvalue weighted by Crippen LogP contribution is 2.25. The fraction of sp³-hybridized carbons (Fsp3) is 0.571. The average Bonchev–Trinajstić information content (AvgIpc) is 2.11. The van der Waals surface area contributed by atoms with Crippen molar-refractivity contribution in [1.29, 1.82) is 0 Å². The summed E-state index contributed by atoms with van der Waals surface area (Å²) in [6.07, 6.45) is 1.64. The first-order chi connectivity index (χ1) is 4.50. The van der Waals surface area contributed by atoms with Gasteiger partial charge in [-0.25, -0.2) is 4.98 Å². The molecule has 1 heterocycles. The van der Waals surface area contributed by atoms with Gasteiger partial charge in [0.25, 0.3) is 0 Å². The first kappa shape index (κ1) is 7.66. The van der Waals surface area contributed by atoms with Crippen molar-refractivity contribution in [3.8, 4) is 0 Å². The molecule has 0 N–H and O–H groups in total. The summed E-state index contributed by atoms with van der Waals surface area (Å²) >= 11 is 4.34. The third kappa shape index (κ3) is 1.53. The molecule has 0 spiro atoms. The molecule has 0 aliphatic heterocycles. The summed E-state index contributed by atoms with van der Waals surface area (Å²) in [5, 5.41) is 0. The molecule has 56 valence electrons. The molecule has 1 rings (SSSR count). The van der Waals surface area contributed by atoms with Crippen LogP contribution in [0.15, 0.2) is 10.7 Å². The van der Waals surface area contributed by atoms with Crippen molar-refractivity contribution in [3.63, 3.8) is 0 Å². The van der Waals surface area contributed by atoms with Crippen LogP contribution in [-0.4, -0.2) is 4.98 Å². The van der Waals surface area contributed by atoms with E-state index in [1.54, 1.807) is 6.26 Å². The predicted molar refractivity (Wildman–Crippen MR) is 43.3 cm³/mol. The van der Waals surface area contributed by atoms with E-state index in [-0.39, 0.29) is 4.75 Å². The predicted octanol–water partition coefficient (Wildman–Crippen LogP) is 2.15. The summed E-state index contributed by atoms with van der Waals surface area (Å²) in [5.41, 5.74) is 0.883. The van der Waals surface area contributed by atoms with Gasteiger partial charge in [0.1, 0.15) is 6.26 Å². The molecule has 0 bridgehead atoms. The topological polar surface area (TPSA) is 26.0 Å². The Bertz CT molecular complexity index is 224. The number of rotatable bonds is 1. The maximum Gasteiger partial charge on any atom is 0.191 e. The minimum absolute atomic E-state index is 0.197. The number of oxazole rings is 1. The zero-order valence-corrected chi connectivity index (χ0v) is 7.27. The highest BCUT2D eigenvalue weighted by molar-refractivity contribution is 7.81. The molecule has 0 radical (unpaired) electrons. The molecule has 0 aromatic carbocycles. The van der Waals surface area contributed by atoms with E-state index in [4.69, 9.17) is 4.42 Å². The SMILES string of the molecule is Cc1nc(C(C)(C)S)co1. The second-order valence-corrected chi connectivity index (χ2v) is 3.93. The minimum Gasteiger partial charge on any atom is -0.449 e. The number of aryl methyl sites for hydroxylation is 1. The van der Waals surface area contributed by atoms with E-state index in [0.29, 0.717) is 5.89 Å². The zero-order chi connectivity index (χ0) is 7.78. The molecule has 0 aliphatic rings. The van der Waals surface area contributed by atoms with Gasteiger partial charge in [0.2, 0.25) is 0 Å². The molecular weight excluding hydrogens is 146 g/mol. The third-order valence-electron chi connectivity index (χ3n) is 1.25. The Morgan fingerprint density at radius 2 is 2.20 bits per heavy atom. The van der Waals surface area contributed by atoms with Gasteiger partial charge in [-0.2, -0.15) is 12.6 Å². The largest absolute Gasteiger partial charge is 0.449 e. The van der Waals surface area contributed by atoms with Crippen molar-refractivity contribution in [2.75, 3.05) is 0 Å². The average molecular weight is 157 g/mol. The van der Waals surface area contributed by atoms with Crippen LogP contribution in [0.5, 0.6) is 0 Å². The van der Waals surface area contributed by atoms with E-state index in [1.807, 2.05) is 20.8 Å². The van der Waals surface area contributed by atoms with Crippen molar-refractivity contribution in [2.24, 2.45) is 0 Å². The third-order valence-corrected chi connectivity index (χ3v) is 1.47. The van der Waals surface area contributed by atoms with Crippen LogP contribution in [0.2, 0.25) is 0 Å². The van der Waals surface area contributed by atoms with Crippen molar-refractivity contribution in [1.82, 2.24) is 4.98 Å². The second kappa shape index (κ2) is 2.31. The minimum atomic E-state index is -0.197. The lowest BCUT2D eigenvalue weighted by molar-refractivity contribution is 0.519. The van der Waals surface area contributed by atoms with E-state index < -0.39 is 0 Å². The molecule has 2 nitrogen and oxygen atoms in total.